The van der Waals surface area contributed by atoms with Crippen LogP contribution in [0.1, 0.15) is 72.1 Å². The van der Waals surface area contributed by atoms with E-state index in [-0.39, 0.29) is 35.5 Å². The molecule has 0 bridgehead atoms. The fraction of sp³-hybridized carbons (Fsp3) is 0.867. The number of carboxylic acids is 1. The Kier molecular flexibility index (Phi) is 15.4. The zero-order valence-corrected chi connectivity index (χ0v) is 15.5. The van der Waals surface area contributed by atoms with Gasteiger partial charge < -0.3 is 15.2 Å². The summed E-state index contributed by atoms with van der Waals surface area (Å²) in [7, 11) is 0. The summed E-state index contributed by atoms with van der Waals surface area (Å²) in [5.74, 6) is -0.651. The zero-order valence-electron chi connectivity index (χ0n) is 13.5. The van der Waals surface area contributed by atoms with Gasteiger partial charge in [0.25, 0.3) is 0 Å². The van der Waals surface area contributed by atoms with E-state index in [1.165, 1.54) is 6.42 Å². The quantitative estimate of drug-likeness (QED) is 0.393. The van der Waals surface area contributed by atoms with Crippen LogP contribution in [0.2, 0.25) is 0 Å². The number of carbonyl (C=O) groups excluding carboxylic acids is 2. The molecular formula is C15H28NNaO3. The van der Waals surface area contributed by atoms with Crippen molar-refractivity contribution in [2.45, 2.75) is 78.2 Å². The Morgan fingerprint density at radius 1 is 1.05 bits per heavy atom. The minimum atomic E-state index is -1.18. The number of carboxylic acid groups (broad SMARTS) is 1. The van der Waals surface area contributed by atoms with Gasteiger partial charge in [-0.3, -0.25) is 4.79 Å². The maximum atomic E-state index is 11.6. The van der Waals surface area contributed by atoms with Gasteiger partial charge in [0.05, 0.1) is 12.0 Å². The van der Waals surface area contributed by atoms with Crippen molar-refractivity contribution in [1.29, 1.82) is 0 Å². The van der Waals surface area contributed by atoms with Crippen LogP contribution in [-0.4, -0.2) is 17.9 Å². The molecule has 0 radical (unpaired) electrons. The van der Waals surface area contributed by atoms with Gasteiger partial charge in [-0.05, 0) is 18.8 Å². The summed E-state index contributed by atoms with van der Waals surface area (Å²) in [5.41, 5.74) is 0. The summed E-state index contributed by atoms with van der Waals surface area (Å²) < 4.78 is 0. The molecule has 1 amide bonds. The molecule has 20 heavy (non-hydrogen) atoms. The minimum absolute atomic E-state index is 0. The average Bonchev–Trinajstić information content (AvgIpc) is 2.33. The molecular weight excluding hydrogens is 265 g/mol. The van der Waals surface area contributed by atoms with E-state index in [2.05, 4.69) is 19.2 Å². The number of nitrogens with one attached hydrogen (secondary N) is 1. The van der Waals surface area contributed by atoms with Crippen molar-refractivity contribution < 1.29 is 44.3 Å². The van der Waals surface area contributed by atoms with Gasteiger partial charge in [0.2, 0.25) is 5.91 Å². The third-order valence-electron chi connectivity index (χ3n) is 3.15. The number of rotatable bonds is 11. The Hall–Kier alpha value is -0.0600. The maximum Gasteiger partial charge on any atom is 1.00 e. The number of hydrogen-bond donors (Lipinski definition) is 1. The Bertz CT molecular complexity index is 270. The maximum absolute atomic E-state index is 11.6. The van der Waals surface area contributed by atoms with Crippen molar-refractivity contribution in [3.8, 4) is 0 Å². The van der Waals surface area contributed by atoms with Crippen molar-refractivity contribution in [2.24, 2.45) is 5.92 Å². The fourth-order valence-electron chi connectivity index (χ4n) is 1.94. The van der Waals surface area contributed by atoms with E-state index in [1.807, 2.05) is 6.92 Å². The summed E-state index contributed by atoms with van der Waals surface area (Å²) >= 11 is 0. The number of aliphatic carboxylic acids is 1. The van der Waals surface area contributed by atoms with Gasteiger partial charge in [-0.15, -0.1) is 0 Å². The molecule has 5 heteroatoms. The van der Waals surface area contributed by atoms with Gasteiger partial charge in [0, 0.05) is 6.42 Å². The standard InChI is InChI=1S/C15H29NO3.Na/c1-4-5-10-13(15(18)19)16-14(17)11-8-6-7-9-12(2)3;/h12-13H,4-11H2,1-3H3,(H,16,17)(H,18,19);/q;+1/p-1. The second-order valence-electron chi connectivity index (χ2n) is 5.57. The molecule has 0 rings (SSSR count). The molecule has 1 atom stereocenters. The van der Waals surface area contributed by atoms with E-state index in [4.69, 9.17) is 0 Å². The van der Waals surface area contributed by atoms with Crippen LogP contribution >= 0.6 is 0 Å². The first kappa shape index (κ1) is 22.2. The molecule has 0 fully saturated rings. The van der Waals surface area contributed by atoms with Crippen molar-refractivity contribution in [3.05, 3.63) is 0 Å². The van der Waals surface area contributed by atoms with E-state index in [9.17, 15) is 14.7 Å². The summed E-state index contributed by atoms with van der Waals surface area (Å²) in [6, 6.07) is -0.830. The first-order chi connectivity index (χ1) is 8.97. The van der Waals surface area contributed by atoms with E-state index in [0.717, 1.165) is 32.1 Å². The van der Waals surface area contributed by atoms with Crippen molar-refractivity contribution in [3.63, 3.8) is 0 Å². The van der Waals surface area contributed by atoms with Crippen molar-refractivity contribution >= 4 is 11.9 Å². The summed E-state index contributed by atoms with van der Waals surface area (Å²) in [4.78, 5) is 22.5. The normalized spacial score (nSPS) is 11.8. The monoisotopic (exact) mass is 293 g/mol. The van der Waals surface area contributed by atoms with Crippen molar-refractivity contribution in [1.82, 2.24) is 5.32 Å². The molecule has 0 heterocycles. The molecule has 0 aromatic rings. The number of carbonyl (C=O) groups is 2. The molecule has 1 unspecified atom stereocenters. The first-order valence-electron chi connectivity index (χ1n) is 7.47. The van der Waals surface area contributed by atoms with Gasteiger partial charge in [-0.25, -0.2) is 0 Å². The van der Waals surface area contributed by atoms with Gasteiger partial charge >= 0.3 is 29.6 Å². The van der Waals surface area contributed by atoms with E-state index in [1.54, 1.807) is 0 Å². The SMILES string of the molecule is CCCCC(NC(=O)CCCCCC(C)C)C(=O)[O-].[Na+]. The smallest absolute Gasteiger partial charge is 0.548 e. The molecule has 0 aliphatic carbocycles. The molecule has 0 aromatic heterocycles. The van der Waals surface area contributed by atoms with Crippen LogP contribution in [0.3, 0.4) is 0 Å². The first-order valence-corrected chi connectivity index (χ1v) is 7.47. The van der Waals surface area contributed by atoms with Gasteiger partial charge in [0.1, 0.15) is 0 Å². The van der Waals surface area contributed by atoms with Crippen LogP contribution in [0.25, 0.3) is 0 Å². The predicted molar refractivity (Wildman–Crippen MR) is 74.4 cm³/mol. The van der Waals surface area contributed by atoms with Crippen LogP contribution in [0.15, 0.2) is 0 Å². The molecule has 112 valence electrons. The summed E-state index contributed by atoms with van der Waals surface area (Å²) in [6.45, 7) is 6.36. The largest absolute Gasteiger partial charge is 1.00 e. The van der Waals surface area contributed by atoms with Crippen LogP contribution in [-0.2, 0) is 9.59 Å². The van der Waals surface area contributed by atoms with Gasteiger partial charge in [0.15, 0.2) is 0 Å². The van der Waals surface area contributed by atoms with Gasteiger partial charge in [-0.2, -0.15) is 0 Å². The topological polar surface area (TPSA) is 69.2 Å². The third kappa shape index (κ3) is 12.9. The van der Waals surface area contributed by atoms with E-state index < -0.39 is 12.0 Å². The second kappa shape index (κ2) is 13.9. The van der Waals surface area contributed by atoms with Crippen molar-refractivity contribution in [2.75, 3.05) is 0 Å². The summed E-state index contributed by atoms with van der Waals surface area (Å²) in [5, 5.41) is 13.4. The zero-order chi connectivity index (χ0) is 14.7. The Balaban J connectivity index is 0. The van der Waals surface area contributed by atoms with E-state index in [0.29, 0.717) is 18.8 Å². The predicted octanol–water partition coefficient (Wildman–Crippen LogP) is -0.978. The minimum Gasteiger partial charge on any atom is -0.548 e. The Morgan fingerprint density at radius 3 is 2.20 bits per heavy atom. The number of hydrogen-bond acceptors (Lipinski definition) is 3. The van der Waals surface area contributed by atoms with Gasteiger partial charge in [-0.1, -0.05) is 52.9 Å². The Labute approximate surface area is 145 Å². The van der Waals surface area contributed by atoms with Crippen LogP contribution < -0.4 is 40.0 Å². The molecule has 1 N–H and O–H groups in total. The molecule has 4 nitrogen and oxygen atoms in total. The molecule has 0 spiro atoms. The number of amides is 1. The Morgan fingerprint density at radius 2 is 1.70 bits per heavy atom. The molecule has 0 aliphatic heterocycles. The number of unbranched alkanes of at least 4 members (excludes halogenated alkanes) is 3. The van der Waals surface area contributed by atoms with E-state index >= 15 is 0 Å². The molecule has 0 saturated heterocycles. The summed E-state index contributed by atoms with van der Waals surface area (Å²) in [6.07, 6.45) is 6.72. The van der Waals surface area contributed by atoms with Crippen LogP contribution in [0.4, 0.5) is 0 Å². The molecule has 0 aliphatic rings. The molecule has 0 aromatic carbocycles. The average molecular weight is 293 g/mol. The second-order valence-corrected chi connectivity index (χ2v) is 5.57. The third-order valence-corrected chi connectivity index (χ3v) is 3.15. The fourth-order valence-corrected chi connectivity index (χ4v) is 1.94. The molecule has 0 saturated carbocycles. The van der Waals surface area contributed by atoms with Crippen LogP contribution in [0, 0.1) is 5.92 Å². The van der Waals surface area contributed by atoms with Crippen LogP contribution in [0.5, 0.6) is 0 Å².